The second-order valence-electron chi connectivity index (χ2n) is 5.13. The first-order chi connectivity index (χ1) is 12.1. The number of hydrogen-bond donors (Lipinski definition) is 3. The summed E-state index contributed by atoms with van der Waals surface area (Å²) in [5.74, 6) is 0.798. The fraction of sp³-hybridized carbons (Fsp3) is 0.222. The largest absolute Gasteiger partial charge is 0.497 e. The van der Waals surface area contributed by atoms with E-state index in [2.05, 4.69) is 16.0 Å². The van der Waals surface area contributed by atoms with Gasteiger partial charge in [0.05, 0.1) is 26.5 Å². The van der Waals surface area contributed by atoms with E-state index in [0.29, 0.717) is 28.4 Å². The number of anilines is 2. The topological polar surface area (TPSA) is 88.7 Å². The molecule has 0 unspecified atom stereocenters. The van der Waals surface area contributed by atoms with E-state index in [1.54, 1.807) is 63.7 Å². The molecule has 2 aromatic carbocycles. The number of nitrogens with one attached hydrogen (secondary N) is 3. The molecule has 25 heavy (non-hydrogen) atoms. The van der Waals surface area contributed by atoms with Crippen LogP contribution in [0.2, 0.25) is 0 Å². The molecule has 0 saturated heterocycles. The van der Waals surface area contributed by atoms with E-state index in [9.17, 15) is 9.59 Å². The lowest BCUT2D eigenvalue weighted by Gasteiger charge is -2.13. The normalized spacial score (nSPS) is 9.88. The Balaban J connectivity index is 2.00. The van der Waals surface area contributed by atoms with E-state index >= 15 is 0 Å². The molecule has 0 heterocycles. The zero-order chi connectivity index (χ0) is 18.2. The summed E-state index contributed by atoms with van der Waals surface area (Å²) in [5, 5.41) is 8.30. The molecule has 0 fully saturated rings. The standard InChI is InChI=1S/C18H21N3O4/c1-19-18(23)12-5-4-6-13(9-12)21-17(22)11-20-15-10-14(24-2)7-8-16(15)25-3/h4-10,20H,11H2,1-3H3,(H,19,23)(H,21,22). The van der Waals surface area contributed by atoms with Crippen molar-refractivity contribution in [2.24, 2.45) is 0 Å². The van der Waals surface area contributed by atoms with E-state index in [1.165, 1.54) is 0 Å². The van der Waals surface area contributed by atoms with Gasteiger partial charge in [-0.05, 0) is 30.3 Å². The van der Waals surface area contributed by atoms with E-state index in [-0.39, 0.29) is 18.4 Å². The van der Waals surface area contributed by atoms with Crippen molar-refractivity contribution in [2.75, 3.05) is 38.4 Å². The molecule has 2 rings (SSSR count). The summed E-state index contributed by atoms with van der Waals surface area (Å²) in [6.07, 6.45) is 0. The molecule has 0 aliphatic carbocycles. The molecule has 0 radical (unpaired) electrons. The molecule has 0 spiro atoms. The van der Waals surface area contributed by atoms with E-state index < -0.39 is 0 Å². The van der Waals surface area contributed by atoms with Gasteiger partial charge in [0.15, 0.2) is 0 Å². The molecule has 0 aliphatic heterocycles. The molecule has 2 amide bonds. The van der Waals surface area contributed by atoms with E-state index in [4.69, 9.17) is 9.47 Å². The number of amides is 2. The minimum Gasteiger partial charge on any atom is -0.497 e. The maximum Gasteiger partial charge on any atom is 0.251 e. The average Bonchev–Trinajstić information content (AvgIpc) is 2.65. The van der Waals surface area contributed by atoms with Crippen LogP contribution in [-0.4, -0.2) is 39.6 Å². The molecule has 3 N–H and O–H groups in total. The average molecular weight is 343 g/mol. The summed E-state index contributed by atoms with van der Waals surface area (Å²) in [4.78, 5) is 23.8. The molecule has 2 aromatic rings. The van der Waals surface area contributed by atoms with Gasteiger partial charge in [0.2, 0.25) is 5.91 Å². The van der Waals surface area contributed by atoms with E-state index in [0.717, 1.165) is 0 Å². The highest BCUT2D eigenvalue weighted by atomic mass is 16.5. The highest BCUT2D eigenvalue weighted by Crippen LogP contribution is 2.28. The molecule has 7 heteroatoms. The number of carbonyl (C=O) groups excluding carboxylic acids is 2. The summed E-state index contributed by atoms with van der Waals surface area (Å²) in [5.41, 5.74) is 1.67. The lowest BCUT2D eigenvalue weighted by atomic mass is 10.2. The molecule has 0 aliphatic rings. The van der Waals surface area contributed by atoms with E-state index in [1.807, 2.05) is 0 Å². The predicted octanol–water partition coefficient (Wildman–Crippen LogP) is 2.11. The van der Waals surface area contributed by atoms with Gasteiger partial charge in [-0.25, -0.2) is 0 Å². The quantitative estimate of drug-likeness (QED) is 0.717. The minimum atomic E-state index is -0.251. The molecule has 0 aromatic heterocycles. The summed E-state index contributed by atoms with van der Waals surface area (Å²) in [6, 6.07) is 12.0. The lowest BCUT2D eigenvalue weighted by Crippen LogP contribution is -2.22. The Bertz CT molecular complexity index is 762. The number of rotatable bonds is 7. The van der Waals surface area contributed by atoms with Crippen LogP contribution in [0.1, 0.15) is 10.4 Å². The van der Waals surface area contributed by atoms with Gasteiger partial charge in [0, 0.05) is 24.4 Å². The van der Waals surface area contributed by atoms with Crippen LogP contribution in [0.25, 0.3) is 0 Å². The van der Waals surface area contributed by atoms with Gasteiger partial charge < -0.3 is 25.4 Å². The fourth-order valence-electron chi connectivity index (χ4n) is 2.22. The monoisotopic (exact) mass is 343 g/mol. The maximum absolute atomic E-state index is 12.1. The maximum atomic E-state index is 12.1. The molecule has 0 atom stereocenters. The van der Waals surface area contributed by atoms with Crippen LogP contribution in [0.15, 0.2) is 42.5 Å². The third-order valence-electron chi connectivity index (χ3n) is 3.48. The number of ether oxygens (including phenoxy) is 2. The van der Waals surface area contributed by atoms with Gasteiger partial charge in [0.25, 0.3) is 5.91 Å². The number of benzene rings is 2. The van der Waals surface area contributed by atoms with Gasteiger partial charge >= 0.3 is 0 Å². The minimum absolute atomic E-state index is 0.0354. The Morgan fingerprint density at radius 2 is 1.84 bits per heavy atom. The lowest BCUT2D eigenvalue weighted by molar-refractivity contribution is -0.114. The SMILES string of the molecule is CNC(=O)c1cccc(NC(=O)CNc2cc(OC)ccc2OC)c1. The zero-order valence-corrected chi connectivity index (χ0v) is 14.4. The third-order valence-corrected chi connectivity index (χ3v) is 3.48. The first-order valence-corrected chi connectivity index (χ1v) is 7.65. The van der Waals surface area contributed by atoms with Crippen molar-refractivity contribution >= 4 is 23.2 Å². The zero-order valence-electron chi connectivity index (χ0n) is 14.4. The van der Waals surface area contributed by atoms with Crippen molar-refractivity contribution in [3.8, 4) is 11.5 Å². The second-order valence-corrected chi connectivity index (χ2v) is 5.13. The Kier molecular flexibility index (Phi) is 6.22. The van der Waals surface area contributed by atoms with Gasteiger partial charge in [-0.2, -0.15) is 0 Å². The molecule has 132 valence electrons. The highest BCUT2D eigenvalue weighted by molar-refractivity contribution is 5.98. The van der Waals surface area contributed by atoms with Gasteiger partial charge in [0.1, 0.15) is 11.5 Å². The second kappa shape index (κ2) is 8.58. The van der Waals surface area contributed by atoms with Crippen LogP contribution in [0.4, 0.5) is 11.4 Å². The van der Waals surface area contributed by atoms with Crippen LogP contribution in [0.3, 0.4) is 0 Å². The van der Waals surface area contributed by atoms with Gasteiger partial charge in [-0.15, -0.1) is 0 Å². The van der Waals surface area contributed by atoms with Crippen LogP contribution in [-0.2, 0) is 4.79 Å². The Hall–Kier alpha value is -3.22. The van der Waals surface area contributed by atoms with Crippen molar-refractivity contribution in [3.63, 3.8) is 0 Å². The Labute approximate surface area is 146 Å². The number of carbonyl (C=O) groups is 2. The molecule has 0 bridgehead atoms. The van der Waals surface area contributed by atoms with Crippen LogP contribution >= 0.6 is 0 Å². The smallest absolute Gasteiger partial charge is 0.251 e. The molecule has 7 nitrogen and oxygen atoms in total. The highest BCUT2D eigenvalue weighted by Gasteiger charge is 2.09. The van der Waals surface area contributed by atoms with Crippen LogP contribution < -0.4 is 25.4 Å². The van der Waals surface area contributed by atoms with Crippen molar-refractivity contribution in [3.05, 3.63) is 48.0 Å². The van der Waals surface area contributed by atoms with Gasteiger partial charge in [-0.1, -0.05) is 6.07 Å². The Morgan fingerprint density at radius 1 is 1.04 bits per heavy atom. The molecule has 0 saturated carbocycles. The van der Waals surface area contributed by atoms with Crippen molar-refractivity contribution in [1.82, 2.24) is 5.32 Å². The molecular formula is C18H21N3O4. The summed E-state index contributed by atoms with van der Waals surface area (Å²) >= 11 is 0. The fourth-order valence-corrected chi connectivity index (χ4v) is 2.22. The van der Waals surface area contributed by atoms with Crippen molar-refractivity contribution in [1.29, 1.82) is 0 Å². The van der Waals surface area contributed by atoms with Crippen molar-refractivity contribution in [2.45, 2.75) is 0 Å². The van der Waals surface area contributed by atoms with Crippen LogP contribution in [0.5, 0.6) is 11.5 Å². The number of methoxy groups -OCH3 is 2. The summed E-state index contributed by atoms with van der Waals surface area (Å²) in [6.45, 7) is 0.0354. The predicted molar refractivity (Wildman–Crippen MR) is 96.5 cm³/mol. The first kappa shape index (κ1) is 18.1. The summed E-state index contributed by atoms with van der Waals surface area (Å²) in [7, 11) is 4.67. The molecular weight excluding hydrogens is 322 g/mol. The first-order valence-electron chi connectivity index (χ1n) is 7.65. The third kappa shape index (κ3) is 4.87. The Morgan fingerprint density at radius 3 is 2.52 bits per heavy atom. The van der Waals surface area contributed by atoms with Crippen LogP contribution in [0, 0.1) is 0 Å². The van der Waals surface area contributed by atoms with Gasteiger partial charge in [-0.3, -0.25) is 9.59 Å². The number of hydrogen-bond acceptors (Lipinski definition) is 5. The summed E-state index contributed by atoms with van der Waals surface area (Å²) < 4.78 is 10.4. The van der Waals surface area contributed by atoms with Crippen molar-refractivity contribution < 1.29 is 19.1 Å².